The second-order valence-corrected chi connectivity index (χ2v) is 5.56. The lowest BCUT2D eigenvalue weighted by Crippen LogP contribution is -2.12. The van der Waals surface area contributed by atoms with Crippen molar-refractivity contribution < 1.29 is 0 Å². The summed E-state index contributed by atoms with van der Waals surface area (Å²) in [5.74, 6) is 0. The van der Waals surface area contributed by atoms with E-state index in [1.54, 1.807) is 0 Å². The monoisotopic (exact) mass is 301 g/mol. The number of halogens is 2. The molecule has 0 aliphatic rings. The van der Waals surface area contributed by atoms with E-state index in [0.717, 1.165) is 26.9 Å². The van der Waals surface area contributed by atoms with E-state index < -0.39 is 0 Å². The lowest BCUT2D eigenvalue weighted by atomic mass is 9.94. The molecule has 0 aliphatic carbocycles. The highest BCUT2D eigenvalue weighted by Gasteiger charge is 2.13. The minimum Gasteiger partial charge on any atom is -0.320 e. The molecule has 0 saturated carbocycles. The summed E-state index contributed by atoms with van der Waals surface area (Å²) in [7, 11) is 0. The van der Waals surface area contributed by atoms with Crippen molar-refractivity contribution in [1.82, 2.24) is 0 Å². The van der Waals surface area contributed by atoms with Gasteiger partial charge in [-0.1, -0.05) is 65.7 Å². The summed E-state index contributed by atoms with van der Waals surface area (Å²) in [5.41, 5.74) is 8.49. The first kappa shape index (κ1) is 13.4. The van der Waals surface area contributed by atoms with E-state index in [1.165, 1.54) is 0 Å². The molecule has 0 saturated heterocycles. The molecule has 0 amide bonds. The quantitative estimate of drug-likeness (QED) is 0.692. The number of rotatable bonds is 2. The van der Waals surface area contributed by atoms with Crippen LogP contribution in [0.1, 0.15) is 17.2 Å². The van der Waals surface area contributed by atoms with E-state index in [0.29, 0.717) is 5.02 Å². The van der Waals surface area contributed by atoms with Crippen LogP contribution in [-0.4, -0.2) is 0 Å². The van der Waals surface area contributed by atoms with E-state index in [-0.39, 0.29) is 6.04 Å². The van der Waals surface area contributed by atoms with Gasteiger partial charge in [-0.25, -0.2) is 0 Å². The molecule has 2 N–H and O–H groups in total. The first-order valence-corrected chi connectivity index (χ1v) is 7.10. The SMILES string of the molecule is NC(c1ccc(Cl)cc1)c1ccc(Cl)c2ccccc12. The summed E-state index contributed by atoms with van der Waals surface area (Å²) < 4.78 is 0. The molecular formula is C17H13Cl2N. The highest BCUT2D eigenvalue weighted by Crippen LogP contribution is 2.31. The third-order valence-corrected chi connectivity index (χ3v) is 4.05. The zero-order valence-corrected chi connectivity index (χ0v) is 12.2. The minimum atomic E-state index is -0.200. The van der Waals surface area contributed by atoms with Crippen molar-refractivity contribution in [2.75, 3.05) is 0 Å². The molecule has 3 aromatic rings. The maximum Gasteiger partial charge on any atom is 0.0557 e. The molecule has 1 unspecified atom stereocenters. The van der Waals surface area contributed by atoms with Gasteiger partial charge in [-0.15, -0.1) is 0 Å². The first-order chi connectivity index (χ1) is 9.66. The van der Waals surface area contributed by atoms with Crippen molar-refractivity contribution in [3.8, 4) is 0 Å². The zero-order chi connectivity index (χ0) is 14.1. The fourth-order valence-electron chi connectivity index (χ4n) is 2.41. The van der Waals surface area contributed by atoms with E-state index in [4.69, 9.17) is 28.9 Å². The largest absolute Gasteiger partial charge is 0.320 e. The highest BCUT2D eigenvalue weighted by molar-refractivity contribution is 6.35. The summed E-state index contributed by atoms with van der Waals surface area (Å²) in [5, 5.41) is 3.56. The molecule has 0 spiro atoms. The highest BCUT2D eigenvalue weighted by atomic mass is 35.5. The number of hydrogen-bond donors (Lipinski definition) is 1. The Labute approximate surface area is 127 Å². The van der Waals surface area contributed by atoms with Gasteiger partial charge in [-0.2, -0.15) is 0 Å². The van der Waals surface area contributed by atoms with Crippen molar-refractivity contribution in [3.63, 3.8) is 0 Å². The Balaban J connectivity index is 2.14. The van der Waals surface area contributed by atoms with Crippen LogP contribution in [0.4, 0.5) is 0 Å². The van der Waals surface area contributed by atoms with E-state index in [1.807, 2.05) is 60.7 Å². The Bertz CT molecular complexity index is 751. The molecule has 0 heterocycles. The number of hydrogen-bond acceptors (Lipinski definition) is 1. The average Bonchev–Trinajstić information content (AvgIpc) is 2.48. The van der Waals surface area contributed by atoms with E-state index in [9.17, 15) is 0 Å². The van der Waals surface area contributed by atoms with Gasteiger partial charge in [0.05, 0.1) is 6.04 Å². The topological polar surface area (TPSA) is 26.0 Å². The van der Waals surface area contributed by atoms with Crippen molar-refractivity contribution in [2.24, 2.45) is 5.73 Å². The van der Waals surface area contributed by atoms with Crippen LogP contribution in [0.25, 0.3) is 10.8 Å². The Morgan fingerprint density at radius 3 is 2.10 bits per heavy atom. The van der Waals surface area contributed by atoms with Crippen molar-refractivity contribution in [2.45, 2.75) is 6.04 Å². The third kappa shape index (κ3) is 2.40. The number of benzene rings is 3. The first-order valence-electron chi connectivity index (χ1n) is 6.35. The normalized spacial score (nSPS) is 12.6. The molecule has 20 heavy (non-hydrogen) atoms. The lowest BCUT2D eigenvalue weighted by Gasteiger charge is -2.16. The Hall–Kier alpha value is -1.54. The Kier molecular flexibility index (Phi) is 3.66. The van der Waals surface area contributed by atoms with Crippen molar-refractivity contribution >= 4 is 34.0 Å². The summed E-state index contributed by atoms with van der Waals surface area (Å²) in [6, 6.07) is 19.3. The molecule has 0 radical (unpaired) electrons. The molecule has 3 heteroatoms. The number of nitrogens with two attached hydrogens (primary N) is 1. The fraction of sp³-hybridized carbons (Fsp3) is 0.0588. The Morgan fingerprint density at radius 1 is 0.750 bits per heavy atom. The van der Waals surface area contributed by atoms with E-state index >= 15 is 0 Å². The molecule has 100 valence electrons. The number of fused-ring (bicyclic) bond motifs is 1. The van der Waals surface area contributed by atoms with Crippen LogP contribution in [0.2, 0.25) is 10.0 Å². The van der Waals surface area contributed by atoms with Crippen LogP contribution in [0.3, 0.4) is 0 Å². The van der Waals surface area contributed by atoms with Gasteiger partial charge in [0.1, 0.15) is 0 Å². The lowest BCUT2D eigenvalue weighted by molar-refractivity contribution is 0.881. The van der Waals surface area contributed by atoms with E-state index in [2.05, 4.69) is 0 Å². The van der Waals surface area contributed by atoms with Crippen molar-refractivity contribution in [3.05, 3.63) is 81.8 Å². The minimum absolute atomic E-state index is 0.200. The van der Waals surface area contributed by atoms with Gasteiger partial charge in [0, 0.05) is 15.4 Å². The van der Waals surface area contributed by atoms with Gasteiger partial charge < -0.3 is 5.73 Å². The van der Waals surface area contributed by atoms with Crippen LogP contribution in [0.5, 0.6) is 0 Å². The second kappa shape index (κ2) is 5.45. The van der Waals surface area contributed by atoms with Crippen LogP contribution < -0.4 is 5.73 Å². The maximum absolute atomic E-state index is 6.40. The second-order valence-electron chi connectivity index (χ2n) is 4.71. The maximum atomic E-state index is 6.40. The summed E-state index contributed by atoms with van der Waals surface area (Å²) in [6.45, 7) is 0. The van der Waals surface area contributed by atoms with Crippen LogP contribution >= 0.6 is 23.2 Å². The van der Waals surface area contributed by atoms with Crippen LogP contribution in [0.15, 0.2) is 60.7 Å². The predicted molar refractivity (Wildman–Crippen MR) is 86.4 cm³/mol. The zero-order valence-electron chi connectivity index (χ0n) is 10.7. The van der Waals surface area contributed by atoms with Crippen molar-refractivity contribution in [1.29, 1.82) is 0 Å². The van der Waals surface area contributed by atoms with Gasteiger partial charge >= 0.3 is 0 Å². The van der Waals surface area contributed by atoms with Gasteiger partial charge in [0.2, 0.25) is 0 Å². The predicted octanol–water partition coefficient (Wildman–Crippen LogP) is 5.19. The van der Waals surface area contributed by atoms with Gasteiger partial charge in [-0.3, -0.25) is 0 Å². The Morgan fingerprint density at radius 2 is 1.40 bits per heavy atom. The molecule has 0 aromatic heterocycles. The molecule has 0 fully saturated rings. The molecule has 1 nitrogen and oxygen atoms in total. The molecular weight excluding hydrogens is 289 g/mol. The van der Waals surface area contributed by atoms with Gasteiger partial charge in [0.15, 0.2) is 0 Å². The fourth-order valence-corrected chi connectivity index (χ4v) is 2.76. The average molecular weight is 302 g/mol. The standard InChI is InChI=1S/C17H13Cl2N/c18-12-7-5-11(6-8-12)17(20)15-9-10-16(19)14-4-2-1-3-13(14)15/h1-10,17H,20H2. The molecule has 3 rings (SSSR count). The summed E-state index contributed by atoms with van der Waals surface area (Å²) >= 11 is 12.2. The molecule has 3 aromatic carbocycles. The van der Waals surface area contributed by atoms with Crippen LogP contribution in [0, 0.1) is 0 Å². The van der Waals surface area contributed by atoms with Crippen LogP contribution in [-0.2, 0) is 0 Å². The third-order valence-electron chi connectivity index (χ3n) is 3.47. The summed E-state index contributed by atoms with van der Waals surface area (Å²) in [4.78, 5) is 0. The molecule has 0 bridgehead atoms. The summed E-state index contributed by atoms with van der Waals surface area (Å²) in [6.07, 6.45) is 0. The molecule has 0 aliphatic heterocycles. The smallest absolute Gasteiger partial charge is 0.0557 e. The van der Waals surface area contributed by atoms with Gasteiger partial charge in [0.25, 0.3) is 0 Å². The van der Waals surface area contributed by atoms with Gasteiger partial charge in [-0.05, 0) is 34.7 Å². The molecule has 1 atom stereocenters.